The summed E-state index contributed by atoms with van der Waals surface area (Å²) in [5.41, 5.74) is 7.43. The van der Waals surface area contributed by atoms with Crippen LogP contribution in [0.3, 0.4) is 0 Å². The first-order chi connectivity index (χ1) is 15.5. The molecule has 0 N–H and O–H groups in total. The van der Waals surface area contributed by atoms with Crippen LogP contribution in [0.25, 0.3) is 11.8 Å². The molecule has 2 heterocycles. The SMILES string of the molecule is COc1cc(/C=C2\CCC[C@H]3C2=NO[C@]3(C)c2ccc(C)cc2)ccc1-n1cnc(C)c1. The zero-order valence-corrected chi connectivity index (χ0v) is 19.1. The van der Waals surface area contributed by atoms with E-state index in [9.17, 15) is 0 Å². The number of hydrogen-bond donors (Lipinski definition) is 0. The van der Waals surface area contributed by atoms with E-state index >= 15 is 0 Å². The molecule has 1 aliphatic carbocycles. The molecular weight excluding hydrogens is 398 g/mol. The molecule has 0 radical (unpaired) electrons. The Hall–Kier alpha value is -3.34. The summed E-state index contributed by atoms with van der Waals surface area (Å²) in [6.45, 7) is 6.27. The van der Waals surface area contributed by atoms with Crippen LogP contribution in [0.2, 0.25) is 0 Å². The zero-order valence-electron chi connectivity index (χ0n) is 19.1. The Kier molecular flexibility index (Phi) is 5.12. The number of benzene rings is 2. The molecule has 0 saturated heterocycles. The van der Waals surface area contributed by atoms with Gasteiger partial charge in [0.05, 0.1) is 36.4 Å². The molecule has 0 bridgehead atoms. The Morgan fingerprint density at radius 2 is 1.97 bits per heavy atom. The van der Waals surface area contributed by atoms with Gasteiger partial charge < -0.3 is 14.1 Å². The Labute approximate surface area is 189 Å². The lowest BCUT2D eigenvalue weighted by Gasteiger charge is -2.33. The first-order valence-electron chi connectivity index (χ1n) is 11.2. The molecule has 5 heteroatoms. The minimum absolute atomic E-state index is 0.264. The molecule has 2 aliphatic rings. The van der Waals surface area contributed by atoms with Crippen LogP contribution in [-0.2, 0) is 10.4 Å². The molecule has 5 nitrogen and oxygen atoms in total. The summed E-state index contributed by atoms with van der Waals surface area (Å²) in [5, 5.41) is 4.60. The fourth-order valence-corrected chi connectivity index (χ4v) is 4.89. The number of aromatic nitrogens is 2. The van der Waals surface area contributed by atoms with Gasteiger partial charge >= 0.3 is 0 Å². The average molecular weight is 428 g/mol. The monoisotopic (exact) mass is 427 g/mol. The second-order valence-corrected chi connectivity index (χ2v) is 9.01. The maximum atomic E-state index is 6.12. The van der Waals surface area contributed by atoms with Gasteiger partial charge in [0.15, 0.2) is 5.60 Å². The lowest BCUT2D eigenvalue weighted by atomic mass is 9.72. The van der Waals surface area contributed by atoms with Gasteiger partial charge in [0.1, 0.15) is 5.75 Å². The highest BCUT2D eigenvalue weighted by molar-refractivity contribution is 6.07. The molecule has 1 aliphatic heterocycles. The molecule has 5 rings (SSSR count). The fraction of sp³-hybridized carbons (Fsp3) is 0.333. The number of rotatable bonds is 4. The number of imidazole rings is 1. The van der Waals surface area contributed by atoms with Gasteiger partial charge in [0, 0.05) is 6.20 Å². The van der Waals surface area contributed by atoms with Crippen LogP contribution in [0, 0.1) is 19.8 Å². The Bertz CT molecular complexity index is 1210. The first-order valence-corrected chi connectivity index (χ1v) is 11.2. The van der Waals surface area contributed by atoms with E-state index < -0.39 is 5.60 Å². The van der Waals surface area contributed by atoms with Crippen molar-refractivity contribution in [1.82, 2.24) is 9.55 Å². The van der Waals surface area contributed by atoms with Gasteiger partial charge in [-0.05, 0) is 74.9 Å². The highest BCUT2D eigenvalue weighted by Crippen LogP contribution is 2.47. The third-order valence-electron chi connectivity index (χ3n) is 6.76. The van der Waals surface area contributed by atoms with Gasteiger partial charge in [-0.3, -0.25) is 0 Å². The summed E-state index contributed by atoms with van der Waals surface area (Å²) in [6.07, 6.45) is 9.27. The van der Waals surface area contributed by atoms with Gasteiger partial charge in [-0.2, -0.15) is 0 Å². The van der Waals surface area contributed by atoms with E-state index in [0.717, 1.165) is 47.7 Å². The fourth-order valence-electron chi connectivity index (χ4n) is 4.89. The number of allylic oxidation sites excluding steroid dienone is 1. The van der Waals surface area contributed by atoms with Crippen molar-refractivity contribution in [3.8, 4) is 11.4 Å². The van der Waals surface area contributed by atoms with Crippen molar-refractivity contribution in [3.05, 3.63) is 82.9 Å². The molecule has 0 amide bonds. The van der Waals surface area contributed by atoms with E-state index in [1.165, 1.54) is 16.7 Å². The highest BCUT2D eigenvalue weighted by Gasteiger charge is 2.48. The highest BCUT2D eigenvalue weighted by atomic mass is 16.7. The van der Waals surface area contributed by atoms with Gasteiger partial charge in [0.2, 0.25) is 0 Å². The van der Waals surface area contributed by atoms with Crippen LogP contribution < -0.4 is 4.74 Å². The van der Waals surface area contributed by atoms with E-state index in [-0.39, 0.29) is 5.92 Å². The number of nitrogens with zero attached hydrogens (tertiary/aromatic N) is 3. The van der Waals surface area contributed by atoms with Crippen molar-refractivity contribution in [3.63, 3.8) is 0 Å². The maximum absolute atomic E-state index is 6.12. The zero-order chi connectivity index (χ0) is 22.3. The van der Waals surface area contributed by atoms with E-state index in [4.69, 9.17) is 9.57 Å². The standard InChI is InChI=1S/C27H29N3O2/c1-18-8-11-22(12-9-18)27(3)23-7-5-6-21(26(23)29-32-27)14-20-10-13-24(25(15-20)31-4)30-16-19(2)28-17-30/h8-17,23H,5-7H2,1-4H3/b21-14+/t23-,27+/m0/s1. The summed E-state index contributed by atoms with van der Waals surface area (Å²) in [7, 11) is 1.71. The van der Waals surface area contributed by atoms with Crippen LogP contribution in [0.15, 0.2) is 65.7 Å². The number of hydrogen-bond acceptors (Lipinski definition) is 4. The second kappa shape index (κ2) is 7.97. The molecule has 2 aromatic carbocycles. The van der Waals surface area contributed by atoms with E-state index in [0.29, 0.717) is 0 Å². The predicted molar refractivity (Wildman–Crippen MR) is 127 cm³/mol. The van der Waals surface area contributed by atoms with Crippen molar-refractivity contribution >= 4 is 11.8 Å². The summed E-state index contributed by atoms with van der Waals surface area (Å²) in [5.74, 6) is 1.08. The smallest absolute Gasteiger partial charge is 0.168 e. The summed E-state index contributed by atoms with van der Waals surface area (Å²) in [6, 6.07) is 14.9. The Morgan fingerprint density at radius 3 is 2.69 bits per heavy atom. The normalized spacial score (nSPS) is 23.6. The number of ether oxygens (including phenoxy) is 1. The van der Waals surface area contributed by atoms with Crippen LogP contribution in [0.4, 0.5) is 0 Å². The maximum Gasteiger partial charge on any atom is 0.168 e. The van der Waals surface area contributed by atoms with Crippen LogP contribution >= 0.6 is 0 Å². The third kappa shape index (κ3) is 3.52. The Balaban J connectivity index is 1.45. The van der Waals surface area contributed by atoms with Gasteiger partial charge in [-0.25, -0.2) is 4.98 Å². The first kappa shape index (κ1) is 20.6. The Morgan fingerprint density at radius 1 is 1.16 bits per heavy atom. The van der Waals surface area contributed by atoms with Crippen molar-refractivity contribution in [1.29, 1.82) is 0 Å². The number of aryl methyl sites for hydroxylation is 2. The number of methoxy groups -OCH3 is 1. The molecule has 1 saturated carbocycles. The molecular formula is C27H29N3O2. The van der Waals surface area contributed by atoms with Gasteiger partial charge in [0.25, 0.3) is 0 Å². The lowest BCUT2D eigenvalue weighted by Crippen LogP contribution is -2.35. The summed E-state index contributed by atoms with van der Waals surface area (Å²) < 4.78 is 7.68. The van der Waals surface area contributed by atoms with Crippen molar-refractivity contribution in [2.75, 3.05) is 7.11 Å². The summed E-state index contributed by atoms with van der Waals surface area (Å²) >= 11 is 0. The molecule has 1 fully saturated rings. The molecule has 0 spiro atoms. The largest absolute Gasteiger partial charge is 0.495 e. The number of oxime groups is 1. The topological polar surface area (TPSA) is 48.6 Å². The van der Waals surface area contributed by atoms with Crippen molar-refractivity contribution < 1.29 is 9.57 Å². The quantitative estimate of drug-likeness (QED) is 0.514. The second-order valence-electron chi connectivity index (χ2n) is 9.01. The lowest BCUT2D eigenvalue weighted by molar-refractivity contribution is -0.0371. The molecule has 32 heavy (non-hydrogen) atoms. The van der Waals surface area contributed by atoms with Gasteiger partial charge in [-0.1, -0.05) is 41.1 Å². The molecule has 1 aromatic heterocycles. The molecule has 3 aromatic rings. The van der Waals surface area contributed by atoms with Gasteiger partial charge in [-0.15, -0.1) is 0 Å². The van der Waals surface area contributed by atoms with Crippen molar-refractivity contribution in [2.45, 2.75) is 45.6 Å². The van der Waals surface area contributed by atoms with Crippen LogP contribution in [0.5, 0.6) is 5.75 Å². The van der Waals surface area contributed by atoms with E-state index in [2.05, 4.69) is 72.5 Å². The molecule has 2 atom stereocenters. The predicted octanol–water partition coefficient (Wildman–Crippen LogP) is 5.98. The minimum atomic E-state index is -0.413. The third-order valence-corrected chi connectivity index (χ3v) is 6.76. The van der Waals surface area contributed by atoms with Crippen molar-refractivity contribution in [2.24, 2.45) is 11.1 Å². The van der Waals surface area contributed by atoms with Crippen LogP contribution in [0.1, 0.15) is 48.6 Å². The molecule has 0 unspecified atom stereocenters. The summed E-state index contributed by atoms with van der Waals surface area (Å²) in [4.78, 5) is 10.4. The average Bonchev–Trinajstić information content (AvgIpc) is 3.39. The number of fused-ring (bicyclic) bond motifs is 1. The van der Waals surface area contributed by atoms with E-state index in [1.807, 2.05) is 24.0 Å². The molecule has 164 valence electrons. The van der Waals surface area contributed by atoms with Crippen LogP contribution in [-0.4, -0.2) is 22.4 Å². The van der Waals surface area contributed by atoms with E-state index in [1.54, 1.807) is 7.11 Å². The minimum Gasteiger partial charge on any atom is -0.495 e.